The molecule has 174 valence electrons. The molecule has 3 N–H and O–H groups in total. The van der Waals surface area contributed by atoms with Crippen LogP contribution in [0, 0.1) is 13.8 Å². The van der Waals surface area contributed by atoms with Crippen LogP contribution in [0.2, 0.25) is 0 Å². The van der Waals surface area contributed by atoms with E-state index >= 15 is 0 Å². The second kappa shape index (κ2) is 8.82. The average molecular weight is 455 g/mol. The first-order chi connectivity index (χ1) is 16.4. The SMILES string of the molecule is Cc1cc(-c2ccc(-c3ncc[nH]3)cc2)cc2c1OCCN(c1nc(N)nc(C)c1C(C)C)C2. The Hall–Kier alpha value is -3.87. The molecule has 1 aliphatic rings. The Kier molecular flexibility index (Phi) is 5.69. The minimum absolute atomic E-state index is 0.292. The first-order valence-electron chi connectivity index (χ1n) is 11.7. The fourth-order valence-electron chi connectivity index (χ4n) is 4.81. The fourth-order valence-corrected chi connectivity index (χ4v) is 4.81. The van der Waals surface area contributed by atoms with Gasteiger partial charge in [-0.05, 0) is 48.6 Å². The second-order valence-corrected chi connectivity index (χ2v) is 9.13. The fraction of sp³-hybridized carbons (Fsp3) is 0.296. The summed E-state index contributed by atoms with van der Waals surface area (Å²) in [6, 6.07) is 12.9. The number of ether oxygens (including phenoxy) is 1. The number of imidazole rings is 1. The van der Waals surface area contributed by atoms with Crippen LogP contribution in [-0.4, -0.2) is 33.1 Å². The summed E-state index contributed by atoms with van der Waals surface area (Å²) in [5, 5.41) is 0. The molecule has 2 aromatic heterocycles. The van der Waals surface area contributed by atoms with Gasteiger partial charge in [0.1, 0.15) is 24.0 Å². The van der Waals surface area contributed by atoms with Gasteiger partial charge in [-0.1, -0.05) is 38.1 Å². The van der Waals surface area contributed by atoms with Crippen LogP contribution >= 0.6 is 0 Å². The molecule has 7 heteroatoms. The van der Waals surface area contributed by atoms with Gasteiger partial charge in [0.2, 0.25) is 5.95 Å². The van der Waals surface area contributed by atoms with Crippen LogP contribution in [0.5, 0.6) is 5.75 Å². The Morgan fingerprint density at radius 3 is 2.50 bits per heavy atom. The van der Waals surface area contributed by atoms with Crippen LogP contribution in [0.4, 0.5) is 11.8 Å². The Labute approximate surface area is 200 Å². The number of aromatic amines is 1. The highest BCUT2D eigenvalue weighted by Crippen LogP contribution is 2.36. The number of fused-ring (bicyclic) bond motifs is 1. The van der Waals surface area contributed by atoms with Crippen LogP contribution in [0.15, 0.2) is 48.8 Å². The third-order valence-electron chi connectivity index (χ3n) is 6.32. The molecular weight excluding hydrogens is 424 g/mol. The zero-order chi connectivity index (χ0) is 23.8. The van der Waals surface area contributed by atoms with Crippen molar-refractivity contribution in [3.8, 4) is 28.3 Å². The van der Waals surface area contributed by atoms with Crippen molar-refractivity contribution in [2.45, 2.75) is 40.2 Å². The summed E-state index contributed by atoms with van der Waals surface area (Å²) >= 11 is 0. The molecule has 2 aromatic carbocycles. The van der Waals surface area contributed by atoms with Gasteiger partial charge in [0.25, 0.3) is 0 Å². The van der Waals surface area contributed by atoms with E-state index in [2.05, 4.69) is 82.0 Å². The number of nitrogen functional groups attached to an aromatic ring is 1. The Morgan fingerprint density at radius 2 is 1.79 bits per heavy atom. The number of benzene rings is 2. The number of hydrogen-bond acceptors (Lipinski definition) is 6. The summed E-state index contributed by atoms with van der Waals surface area (Å²) in [6.45, 7) is 10.5. The van der Waals surface area contributed by atoms with Crippen LogP contribution in [0.3, 0.4) is 0 Å². The van der Waals surface area contributed by atoms with Gasteiger partial charge in [-0.2, -0.15) is 4.98 Å². The predicted molar refractivity (Wildman–Crippen MR) is 136 cm³/mol. The maximum atomic E-state index is 6.22. The summed E-state index contributed by atoms with van der Waals surface area (Å²) in [5.74, 6) is 3.34. The monoisotopic (exact) mass is 454 g/mol. The molecule has 0 spiro atoms. The molecule has 5 rings (SSSR count). The first-order valence-corrected chi connectivity index (χ1v) is 11.7. The highest BCUT2D eigenvalue weighted by atomic mass is 16.5. The number of hydrogen-bond donors (Lipinski definition) is 2. The van der Waals surface area contributed by atoms with Crippen molar-refractivity contribution in [2.24, 2.45) is 0 Å². The predicted octanol–water partition coefficient (Wildman–Crippen LogP) is 5.26. The summed E-state index contributed by atoms with van der Waals surface area (Å²) in [6.07, 6.45) is 3.60. The molecule has 0 aliphatic carbocycles. The summed E-state index contributed by atoms with van der Waals surface area (Å²) in [7, 11) is 0. The quantitative estimate of drug-likeness (QED) is 0.437. The van der Waals surface area contributed by atoms with Crippen molar-refractivity contribution >= 4 is 11.8 Å². The van der Waals surface area contributed by atoms with Crippen molar-refractivity contribution in [3.05, 3.63) is 71.2 Å². The molecule has 0 saturated carbocycles. The number of nitrogens with one attached hydrogen (secondary N) is 1. The van der Waals surface area contributed by atoms with E-state index in [0.29, 0.717) is 25.0 Å². The van der Waals surface area contributed by atoms with Gasteiger partial charge in [-0.25, -0.2) is 9.97 Å². The minimum Gasteiger partial charge on any atom is -0.491 e. The molecular formula is C27H30N6O. The van der Waals surface area contributed by atoms with E-state index in [9.17, 15) is 0 Å². The van der Waals surface area contributed by atoms with Gasteiger partial charge in [0.15, 0.2) is 0 Å². The van der Waals surface area contributed by atoms with E-state index in [-0.39, 0.29) is 0 Å². The van der Waals surface area contributed by atoms with E-state index in [1.165, 1.54) is 0 Å². The lowest BCUT2D eigenvalue weighted by Gasteiger charge is -2.26. The van der Waals surface area contributed by atoms with E-state index in [0.717, 1.165) is 63.0 Å². The van der Waals surface area contributed by atoms with Gasteiger partial charge in [-0.3, -0.25) is 0 Å². The van der Waals surface area contributed by atoms with Crippen molar-refractivity contribution in [1.29, 1.82) is 0 Å². The smallest absolute Gasteiger partial charge is 0.222 e. The van der Waals surface area contributed by atoms with Gasteiger partial charge in [-0.15, -0.1) is 0 Å². The molecule has 34 heavy (non-hydrogen) atoms. The van der Waals surface area contributed by atoms with Gasteiger partial charge in [0, 0.05) is 41.3 Å². The van der Waals surface area contributed by atoms with Gasteiger partial charge in [0.05, 0.1) is 6.54 Å². The second-order valence-electron chi connectivity index (χ2n) is 9.13. The molecule has 1 aliphatic heterocycles. The van der Waals surface area contributed by atoms with Crippen molar-refractivity contribution in [1.82, 2.24) is 19.9 Å². The lowest BCUT2D eigenvalue weighted by atomic mass is 9.97. The van der Waals surface area contributed by atoms with E-state index in [1.807, 2.05) is 13.1 Å². The van der Waals surface area contributed by atoms with Crippen LogP contribution in [0.25, 0.3) is 22.5 Å². The lowest BCUT2D eigenvalue weighted by Crippen LogP contribution is -2.28. The summed E-state index contributed by atoms with van der Waals surface area (Å²) in [5.41, 5.74) is 13.8. The zero-order valence-electron chi connectivity index (χ0n) is 20.1. The normalized spacial score (nSPS) is 13.5. The topological polar surface area (TPSA) is 93.0 Å². The van der Waals surface area contributed by atoms with Gasteiger partial charge >= 0.3 is 0 Å². The molecule has 0 saturated heterocycles. The third kappa shape index (κ3) is 4.09. The number of anilines is 2. The highest BCUT2D eigenvalue weighted by Gasteiger charge is 2.24. The zero-order valence-corrected chi connectivity index (χ0v) is 20.1. The summed E-state index contributed by atoms with van der Waals surface area (Å²) < 4.78 is 6.22. The van der Waals surface area contributed by atoms with E-state index in [1.54, 1.807) is 6.20 Å². The number of aryl methyl sites for hydroxylation is 2. The van der Waals surface area contributed by atoms with E-state index < -0.39 is 0 Å². The first kappa shape index (κ1) is 21.9. The maximum absolute atomic E-state index is 6.22. The van der Waals surface area contributed by atoms with Crippen molar-refractivity contribution < 1.29 is 4.74 Å². The van der Waals surface area contributed by atoms with Crippen LogP contribution in [0.1, 0.15) is 42.1 Å². The molecule has 0 atom stereocenters. The van der Waals surface area contributed by atoms with E-state index in [4.69, 9.17) is 10.5 Å². The maximum Gasteiger partial charge on any atom is 0.222 e. The largest absolute Gasteiger partial charge is 0.491 e. The minimum atomic E-state index is 0.292. The number of rotatable bonds is 4. The molecule has 7 nitrogen and oxygen atoms in total. The van der Waals surface area contributed by atoms with Crippen molar-refractivity contribution in [3.63, 3.8) is 0 Å². The Bertz CT molecular complexity index is 1310. The Morgan fingerprint density at radius 1 is 1.03 bits per heavy atom. The molecule has 0 bridgehead atoms. The number of nitrogens with two attached hydrogens (primary N) is 1. The highest BCUT2D eigenvalue weighted by molar-refractivity contribution is 5.71. The number of aromatic nitrogens is 4. The lowest BCUT2D eigenvalue weighted by molar-refractivity contribution is 0.329. The molecule has 0 fully saturated rings. The average Bonchev–Trinajstić information content (AvgIpc) is 3.25. The van der Waals surface area contributed by atoms with Crippen LogP contribution < -0.4 is 15.4 Å². The molecule has 0 radical (unpaired) electrons. The third-order valence-corrected chi connectivity index (χ3v) is 6.32. The number of nitrogens with zero attached hydrogens (tertiary/aromatic N) is 4. The van der Waals surface area contributed by atoms with Gasteiger partial charge < -0.3 is 20.4 Å². The molecule has 0 amide bonds. The van der Waals surface area contributed by atoms with Crippen molar-refractivity contribution in [2.75, 3.05) is 23.8 Å². The van der Waals surface area contributed by atoms with Crippen LogP contribution in [-0.2, 0) is 6.54 Å². The Balaban J connectivity index is 1.52. The molecule has 0 unspecified atom stereocenters. The molecule has 4 aromatic rings. The standard InChI is InChI=1S/C27H30N6O/c1-16(2)23-18(4)31-27(28)32-26(23)33-11-12-34-24-17(3)13-21(14-22(24)15-33)19-5-7-20(8-6-19)25-29-9-10-30-25/h5-10,13-14,16H,11-12,15H2,1-4H3,(H,29,30)(H2,28,31,32). The number of H-pyrrole nitrogens is 1. The summed E-state index contributed by atoms with van der Waals surface area (Å²) in [4.78, 5) is 18.8. The molecule has 3 heterocycles.